The van der Waals surface area contributed by atoms with Crippen molar-refractivity contribution < 1.29 is 23.9 Å². The van der Waals surface area contributed by atoms with Gasteiger partial charge in [-0.2, -0.15) is 0 Å². The van der Waals surface area contributed by atoms with E-state index in [1.807, 2.05) is 6.07 Å². The largest absolute Gasteiger partial charge is 0.456 e. The van der Waals surface area contributed by atoms with Gasteiger partial charge in [0.2, 0.25) is 5.91 Å². The zero-order valence-corrected chi connectivity index (χ0v) is 12.7. The Balaban J connectivity index is 1.99. The summed E-state index contributed by atoms with van der Waals surface area (Å²) in [6, 6.07) is 15.5. The molecule has 0 aromatic heterocycles. The molecule has 0 saturated heterocycles. The molecule has 0 saturated carbocycles. The highest BCUT2D eigenvalue weighted by Gasteiger charge is 2.15. The molecule has 0 spiro atoms. The van der Waals surface area contributed by atoms with Crippen LogP contribution in [0.2, 0.25) is 0 Å². The Morgan fingerprint density at radius 2 is 1.62 bits per heavy atom. The maximum absolute atomic E-state index is 12.1. The summed E-state index contributed by atoms with van der Waals surface area (Å²) in [5.74, 6) is -1.14. The van der Waals surface area contributed by atoms with Crippen LogP contribution >= 0.6 is 0 Å². The zero-order valence-electron chi connectivity index (χ0n) is 12.7. The van der Waals surface area contributed by atoms with Crippen molar-refractivity contribution in [2.45, 2.75) is 0 Å². The number of para-hydroxylation sites is 2. The van der Waals surface area contributed by atoms with Gasteiger partial charge in [0.1, 0.15) is 17.1 Å². The number of nitrogens with one attached hydrogen (secondary N) is 1. The second-order valence-electron chi connectivity index (χ2n) is 4.73. The van der Waals surface area contributed by atoms with Crippen molar-refractivity contribution in [3.8, 4) is 11.5 Å². The molecule has 124 valence electrons. The van der Waals surface area contributed by atoms with Crippen LogP contribution in [0.25, 0.3) is 0 Å². The molecule has 0 fully saturated rings. The van der Waals surface area contributed by atoms with Gasteiger partial charge in [-0.1, -0.05) is 30.3 Å². The average molecular weight is 328 g/mol. The standard InChI is InChI=1S/C17H16N2O5/c18-15(20)10-19-16(21)11-23-17(22)13-8-4-5-9-14(13)24-12-6-2-1-3-7-12/h1-9H,10-11H2,(H2,18,20)(H,19,21). The molecule has 0 radical (unpaired) electrons. The Morgan fingerprint density at radius 1 is 0.958 bits per heavy atom. The lowest BCUT2D eigenvalue weighted by molar-refractivity contribution is -0.127. The summed E-state index contributed by atoms with van der Waals surface area (Å²) in [4.78, 5) is 34.1. The number of primary amides is 1. The van der Waals surface area contributed by atoms with Crippen LogP contribution in [0.3, 0.4) is 0 Å². The molecule has 0 aliphatic carbocycles. The fraction of sp³-hybridized carbons (Fsp3) is 0.118. The Bertz CT molecular complexity index is 731. The van der Waals surface area contributed by atoms with Gasteiger partial charge in [-0.15, -0.1) is 0 Å². The first-order valence-corrected chi connectivity index (χ1v) is 7.10. The molecule has 2 aromatic rings. The first kappa shape index (κ1) is 17.0. The van der Waals surface area contributed by atoms with Gasteiger partial charge < -0.3 is 20.5 Å². The summed E-state index contributed by atoms with van der Waals surface area (Å²) >= 11 is 0. The number of hydrogen-bond donors (Lipinski definition) is 2. The van der Waals surface area contributed by atoms with Crippen molar-refractivity contribution in [3.05, 3.63) is 60.2 Å². The lowest BCUT2D eigenvalue weighted by Crippen LogP contribution is -2.36. The van der Waals surface area contributed by atoms with Gasteiger partial charge in [-0.05, 0) is 24.3 Å². The number of esters is 1. The van der Waals surface area contributed by atoms with Crippen LogP contribution in [0.5, 0.6) is 11.5 Å². The van der Waals surface area contributed by atoms with Crippen LogP contribution in [0.4, 0.5) is 0 Å². The summed E-state index contributed by atoms with van der Waals surface area (Å²) in [5.41, 5.74) is 5.09. The quantitative estimate of drug-likeness (QED) is 0.743. The van der Waals surface area contributed by atoms with Gasteiger partial charge in [-0.25, -0.2) is 4.79 Å². The van der Waals surface area contributed by atoms with Gasteiger partial charge >= 0.3 is 5.97 Å². The third-order valence-electron chi connectivity index (χ3n) is 2.87. The Morgan fingerprint density at radius 3 is 2.33 bits per heavy atom. The second-order valence-corrected chi connectivity index (χ2v) is 4.73. The van der Waals surface area contributed by atoms with E-state index in [9.17, 15) is 14.4 Å². The summed E-state index contributed by atoms with van der Waals surface area (Å²) in [5, 5.41) is 2.22. The van der Waals surface area contributed by atoms with Crippen molar-refractivity contribution in [1.29, 1.82) is 0 Å². The van der Waals surface area contributed by atoms with E-state index in [2.05, 4.69) is 5.32 Å². The summed E-state index contributed by atoms with van der Waals surface area (Å²) in [7, 11) is 0. The van der Waals surface area contributed by atoms with Crippen molar-refractivity contribution >= 4 is 17.8 Å². The molecule has 3 N–H and O–H groups in total. The van der Waals surface area contributed by atoms with Crippen molar-refractivity contribution in [3.63, 3.8) is 0 Å². The van der Waals surface area contributed by atoms with Crippen LogP contribution in [0, 0.1) is 0 Å². The highest BCUT2D eigenvalue weighted by atomic mass is 16.5. The van der Waals surface area contributed by atoms with E-state index < -0.39 is 24.4 Å². The number of hydrogen-bond acceptors (Lipinski definition) is 5. The minimum absolute atomic E-state index is 0.184. The average Bonchev–Trinajstić information content (AvgIpc) is 2.59. The predicted octanol–water partition coefficient (Wildman–Crippen LogP) is 1.24. The lowest BCUT2D eigenvalue weighted by Gasteiger charge is -2.10. The molecule has 0 unspecified atom stereocenters. The predicted molar refractivity (Wildman–Crippen MR) is 85.4 cm³/mol. The molecule has 2 amide bonds. The molecular weight excluding hydrogens is 312 g/mol. The van der Waals surface area contributed by atoms with E-state index in [0.29, 0.717) is 11.5 Å². The topological polar surface area (TPSA) is 108 Å². The highest BCUT2D eigenvalue weighted by Crippen LogP contribution is 2.25. The number of amides is 2. The van der Waals surface area contributed by atoms with Crippen molar-refractivity contribution in [2.75, 3.05) is 13.2 Å². The van der Waals surface area contributed by atoms with E-state index in [1.54, 1.807) is 42.5 Å². The summed E-state index contributed by atoms with van der Waals surface area (Å²) in [6.45, 7) is -0.837. The Kier molecular flexibility index (Phi) is 5.90. The molecule has 0 atom stereocenters. The smallest absolute Gasteiger partial charge is 0.342 e. The second kappa shape index (κ2) is 8.33. The summed E-state index contributed by atoms with van der Waals surface area (Å²) < 4.78 is 10.6. The number of rotatable bonds is 7. The minimum Gasteiger partial charge on any atom is -0.456 e. The van der Waals surface area contributed by atoms with Gasteiger partial charge in [-0.3, -0.25) is 9.59 Å². The molecule has 0 heterocycles. The van der Waals surface area contributed by atoms with Gasteiger partial charge in [0.25, 0.3) is 5.91 Å². The van der Waals surface area contributed by atoms with Crippen LogP contribution in [-0.2, 0) is 14.3 Å². The lowest BCUT2D eigenvalue weighted by atomic mass is 10.2. The molecule has 0 bridgehead atoms. The molecule has 7 nitrogen and oxygen atoms in total. The highest BCUT2D eigenvalue weighted by molar-refractivity contribution is 5.94. The van der Waals surface area contributed by atoms with E-state index in [-0.39, 0.29) is 12.1 Å². The number of carbonyl (C=O) groups is 3. The molecule has 2 aromatic carbocycles. The maximum atomic E-state index is 12.1. The number of benzene rings is 2. The normalized spacial score (nSPS) is 9.83. The fourth-order valence-corrected chi connectivity index (χ4v) is 1.79. The van der Waals surface area contributed by atoms with Crippen LogP contribution in [0.15, 0.2) is 54.6 Å². The number of nitrogens with two attached hydrogens (primary N) is 1. The van der Waals surface area contributed by atoms with Gasteiger partial charge in [0, 0.05) is 0 Å². The van der Waals surface area contributed by atoms with E-state index >= 15 is 0 Å². The first-order chi connectivity index (χ1) is 11.6. The number of ether oxygens (including phenoxy) is 2. The summed E-state index contributed by atoms with van der Waals surface area (Å²) in [6.07, 6.45) is 0. The molecule has 2 rings (SSSR count). The molecule has 0 aliphatic heterocycles. The first-order valence-electron chi connectivity index (χ1n) is 7.10. The zero-order chi connectivity index (χ0) is 17.4. The van der Waals surface area contributed by atoms with Crippen molar-refractivity contribution in [1.82, 2.24) is 5.32 Å². The number of carbonyl (C=O) groups excluding carboxylic acids is 3. The fourth-order valence-electron chi connectivity index (χ4n) is 1.79. The maximum Gasteiger partial charge on any atom is 0.342 e. The third-order valence-corrected chi connectivity index (χ3v) is 2.87. The third kappa shape index (κ3) is 5.13. The molecule has 7 heteroatoms. The molecule has 24 heavy (non-hydrogen) atoms. The monoisotopic (exact) mass is 328 g/mol. The van der Waals surface area contributed by atoms with Gasteiger partial charge in [0.05, 0.1) is 6.54 Å². The Hall–Kier alpha value is -3.35. The van der Waals surface area contributed by atoms with Gasteiger partial charge in [0.15, 0.2) is 6.61 Å². The van der Waals surface area contributed by atoms with E-state index in [1.165, 1.54) is 6.07 Å². The van der Waals surface area contributed by atoms with E-state index in [0.717, 1.165) is 0 Å². The molecular formula is C17H16N2O5. The van der Waals surface area contributed by atoms with Crippen LogP contribution in [0.1, 0.15) is 10.4 Å². The van der Waals surface area contributed by atoms with Crippen molar-refractivity contribution in [2.24, 2.45) is 5.73 Å². The minimum atomic E-state index is -0.712. The van der Waals surface area contributed by atoms with E-state index in [4.69, 9.17) is 15.2 Å². The SMILES string of the molecule is NC(=O)CNC(=O)COC(=O)c1ccccc1Oc1ccccc1. The van der Waals surface area contributed by atoms with Crippen LogP contribution in [-0.4, -0.2) is 30.9 Å². The van der Waals surface area contributed by atoms with Crippen LogP contribution < -0.4 is 15.8 Å². The Labute approximate surface area is 138 Å². The molecule has 0 aliphatic rings.